The van der Waals surface area contributed by atoms with Crippen LogP contribution in [-0.4, -0.2) is 85.1 Å². The van der Waals surface area contributed by atoms with Crippen molar-refractivity contribution in [3.05, 3.63) is 82.3 Å². The highest BCUT2D eigenvalue weighted by Crippen LogP contribution is 2.18. The lowest BCUT2D eigenvalue weighted by molar-refractivity contribution is 0.0746. The van der Waals surface area contributed by atoms with Gasteiger partial charge in [0.25, 0.3) is 11.5 Å². The summed E-state index contributed by atoms with van der Waals surface area (Å²) in [5.74, 6) is 1.23. The van der Waals surface area contributed by atoms with Crippen molar-refractivity contribution in [1.29, 1.82) is 0 Å². The van der Waals surface area contributed by atoms with E-state index in [9.17, 15) is 9.59 Å². The Hall–Kier alpha value is -3.85. The van der Waals surface area contributed by atoms with Crippen LogP contribution in [0, 0.1) is 0 Å². The number of ether oxygens (including phenoxy) is 1. The van der Waals surface area contributed by atoms with Gasteiger partial charge >= 0.3 is 0 Å². The average molecular weight is 489 g/mol. The van der Waals surface area contributed by atoms with Crippen LogP contribution in [0.25, 0.3) is 0 Å². The van der Waals surface area contributed by atoms with Gasteiger partial charge in [-0.3, -0.25) is 19.5 Å². The van der Waals surface area contributed by atoms with Crippen LogP contribution in [0.15, 0.2) is 65.5 Å². The van der Waals surface area contributed by atoms with Gasteiger partial charge in [-0.1, -0.05) is 24.3 Å². The normalized spacial score (nSPS) is 16.8. The molecule has 2 aliphatic heterocycles. The van der Waals surface area contributed by atoms with Crippen molar-refractivity contribution in [2.45, 2.75) is 6.54 Å². The molecule has 36 heavy (non-hydrogen) atoms. The molecule has 0 bridgehead atoms. The van der Waals surface area contributed by atoms with Crippen LogP contribution in [0.2, 0.25) is 0 Å². The summed E-state index contributed by atoms with van der Waals surface area (Å²) in [5, 5.41) is 0. The second-order valence-corrected chi connectivity index (χ2v) is 9.17. The Morgan fingerprint density at radius 2 is 1.61 bits per heavy atom. The first kappa shape index (κ1) is 23.9. The van der Waals surface area contributed by atoms with Crippen LogP contribution in [0.3, 0.4) is 0 Å². The van der Waals surface area contributed by atoms with E-state index in [4.69, 9.17) is 9.72 Å². The average Bonchev–Trinajstić information content (AvgIpc) is 2.93. The molecule has 0 radical (unpaired) electrons. The molecule has 9 nitrogen and oxygen atoms in total. The predicted molar refractivity (Wildman–Crippen MR) is 140 cm³/mol. The number of amides is 1. The number of rotatable bonds is 6. The van der Waals surface area contributed by atoms with Crippen LogP contribution >= 0.6 is 0 Å². The highest BCUT2D eigenvalue weighted by molar-refractivity contribution is 5.94. The molecule has 3 aromatic rings. The zero-order valence-corrected chi connectivity index (χ0v) is 20.6. The van der Waals surface area contributed by atoms with Gasteiger partial charge < -0.3 is 19.4 Å². The van der Waals surface area contributed by atoms with E-state index in [2.05, 4.69) is 39.0 Å². The molecule has 2 fully saturated rings. The van der Waals surface area contributed by atoms with Crippen molar-refractivity contribution in [3.63, 3.8) is 0 Å². The maximum Gasteiger partial charge on any atom is 0.254 e. The minimum atomic E-state index is -0.146. The van der Waals surface area contributed by atoms with Gasteiger partial charge in [0, 0.05) is 76.2 Å². The van der Waals surface area contributed by atoms with Crippen molar-refractivity contribution < 1.29 is 9.53 Å². The molecule has 5 rings (SSSR count). The number of benzene rings is 2. The van der Waals surface area contributed by atoms with E-state index >= 15 is 0 Å². The van der Waals surface area contributed by atoms with E-state index in [1.54, 1.807) is 25.3 Å². The molecule has 0 unspecified atom stereocenters. The maximum atomic E-state index is 12.9. The highest BCUT2D eigenvalue weighted by Gasteiger charge is 2.24. The van der Waals surface area contributed by atoms with Crippen LogP contribution < -0.4 is 20.1 Å². The van der Waals surface area contributed by atoms with Crippen molar-refractivity contribution >= 4 is 17.5 Å². The summed E-state index contributed by atoms with van der Waals surface area (Å²) in [7, 11) is 1.59. The van der Waals surface area contributed by atoms with Crippen molar-refractivity contribution in [3.8, 4) is 5.75 Å². The highest BCUT2D eigenvalue weighted by atomic mass is 16.5. The minimum absolute atomic E-state index is 0.0154. The number of carbonyl (C=O) groups excluding carboxylic acids is 1. The van der Waals surface area contributed by atoms with Gasteiger partial charge in [-0.05, 0) is 30.3 Å². The third-order valence-corrected chi connectivity index (χ3v) is 6.84. The lowest BCUT2D eigenvalue weighted by Gasteiger charge is -2.36. The number of methoxy groups -OCH3 is 1. The fraction of sp³-hybridized carbons (Fsp3) is 0.370. The van der Waals surface area contributed by atoms with Crippen molar-refractivity contribution in [1.82, 2.24) is 19.8 Å². The Bertz CT molecular complexity index is 1230. The van der Waals surface area contributed by atoms with Gasteiger partial charge in [0.2, 0.25) is 5.95 Å². The van der Waals surface area contributed by atoms with Gasteiger partial charge in [0.05, 0.1) is 12.8 Å². The molecular formula is C27H32N6O3. The van der Waals surface area contributed by atoms with E-state index in [1.807, 2.05) is 28.0 Å². The van der Waals surface area contributed by atoms with Crippen LogP contribution in [0.4, 0.5) is 11.6 Å². The number of hydrogen-bond acceptors (Lipinski definition) is 7. The third-order valence-electron chi connectivity index (χ3n) is 6.84. The van der Waals surface area contributed by atoms with Crippen LogP contribution in [-0.2, 0) is 6.54 Å². The number of aromatic amines is 1. The first-order valence-corrected chi connectivity index (χ1v) is 12.4. The lowest BCUT2D eigenvalue weighted by atomic mass is 10.1. The number of nitrogens with one attached hydrogen (secondary N) is 1. The number of piperazine rings is 2. The van der Waals surface area contributed by atoms with E-state index < -0.39 is 0 Å². The fourth-order valence-corrected chi connectivity index (χ4v) is 4.82. The van der Waals surface area contributed by atoms with Gasteiger partial charge in [0.15, 0.2) is 0 Å². The number of aromatic nitrogens is 2. The monoisotopic (exact) mass is 488 g/mol. The maximum absolute atomic E-state index is 12.9. The molecule has 1 aromatic heterocycles. The number of anilines is 2. The minimum Gasteiger partial charge on any atom is -0.497 e. The molecule has 2 aliphatic rings. The van der Waals surface area contributed by atoms with E-state index in [0.717, 1.165) is 31.9 Å². The third kappa shape index (κ3) is 5.52. The molecule has 0 aliphatic carbocycles. The van der Waals surface area contributed by atoms with Crippen molar-refractivity contribution in [2.24, 2.45) is 0 Å². The second kappa shape index (κ2) is 10.8. The number of para-hydroxylation sites is 1. The molecule has 9 heteroatoms. The van der Waals surface area contributed by atoms with E-state index in [0.29, 0.717) is 50.0 Å². The molecule has 0 saturated carbocycles. The van der Waals surface area contributed by atoms with Crippen LogP contribution in [0.5, 0.6) is 5.75 Å². The molecule has 1 amide bonds. The summed E-state index contributed by atoms with van der Waals surface area (Å²) in [6.07, 6.45) is 0. The molecular weight excluding hydrogens is 456 g/mol. The Kier molecular flexibility index (Phi) is 7.18. The second-order valence-electron chi connectivity index (χ2n) is 9.17. The lowest BCUT2D eigenvalue weighted by Crippen LogP contribution is -2.49. The molecule has 0 spiro atoms. The number of carbonyl (C=O) groups is 1. The largest absolute Gasteiger partial charge is 0.497 e. The zero-order valence-electron chi connectivity index (χ0n) is 20.6. The fourth-order valence-electron chi connectivity index (χ4n) is 4.82. The Labute approximate surface area is 210 Å². The molecule has 2 aromatic carbocycles. The molecule has 1 N–H and O–H groups in total. The summed E-state index contributed by atoms with van der Waals surface area (Å²) in [4.78, 5) is 41.6. The van der Waals surface area contributed by atoms with Gasteiger partial charge in [-0.25, -0.2) is 4.98 Å². The van der Waals surface area contributed by atoms with Crippen LogP contribution in [0.1, 0.15) is 16.1 Å². The number of H-pyrrole nitrogens is 1. The molecule has 188 valence electrons. The first-order valence-electron chi connectivity index (χ1n) is 12.4. The summed E-state index contributed by atoms with van der Waals surface area (Å²) < 4.78 is 5.24. The smallest absolute Gasteiger partial charge is 0.254 e. The number of hydrogen-bond donors (Lipinski definition) is 1. The van der Waals surface area contributed by atoms with E-state index in [-0.39, 0.29) is 11.5 Å². The molecule has 3 heterocycles. The summed E-state index contributed by atoms with van der Waals surface area (Å²) in [5.41, 5.74) is 2.49. The molecule has 2 saturated heterocycles. The van der Waals surface area contributed by atoms with Gasteiger partial charge in [-0.2, -0.15) is 0 Å². The SMILES string of the molecule is COc1cccc(C(=O)N2CCN(c3nc(CN4CCN(c5ccccc5)CC4)cc(=O)[nH]3)CC2)c1. The Balaban J connectivity index is 1.18. The Morgan fingerprint density at radius 1 is 0.889 bits per heavy atom. The summed E-state index contributed by atoms with van der Waals surface area (Å²) in [6, 6.07) is 19.3. The van der Waals surface area contributed by atoms with Gasteiger partial charge in [0.1, 0.15) is 5.75 Å². The summed E-state index contributed by atoms with van der Waals surface area (Å²) >= 11 is 0. The van der Waals surface area contributed by atoms with E-state index in [1.165, 1.54) is 5.69 Å². The zero-order chi connectivity index (χ0) is 24.9. The molecule has 0 atom stereocenters. The topological polar surface area (TPSA) is 85.0 Å². The quantitative estimate of drug-likeness (QED) is 0.569. The van der Waals surface area contributed by atoms with Gasteiger partial charge in [-0.15, -0.1) is 0 Å². The number of nitrogens with zero attached hydrogens (tertiary/aromatic N) is 5. The summed E-state index contributed by atoms with van der Waals surface area (Å²) in [6.45, 7) is 6.72. The first-order chi connectivity index (χ1) is 17.6. The van der Waals surface area contributed by atoms with Crippen molar-refractivity contribution in [2.75, 3.05) is 69.3 Å². The standard InChI is InChI=1S/C27H32N6O3/c1-36-24-9-5-6-21(18-24)26(35)32-14-16-33(17-15-32)27-28-22(19-25(34)29-27)20-30-10-12-31(13-11-30)23-7-3-2-4-8-23/h2-9,18-19H,10-17,20H2,1H3,(H,28,29,34). The Morgan fingerprint density at radius 3 is 2.33 bits per heavy atom. The predicted octanol–water partition coefficient (Wildman–Crippen LogP) is 2.06.